The van der Waals surface area contributed by atoms with E-state index in [9.17, 15) is 14.4 Å². The van der Waals surface area contributed by atoms with Crippen LogP contribution in [-0.2, 0) is 28.6 Å². The molecule has 1 unspecified atom stereocenters. The van der Waals surface area contributed by atoms with E-state index in [0.717, 1.165) is 109 Å². The first-order valence-electron chi connectivity index (χ1n) is 31.9. The lowest BCUT2D eigenvalue weighted by Gasteiger charge is -2.18. The quantitative estimate of drug-likeness (QED) is 0.0261. The number of esters is 3. The van der Waals surface area contributed by atoms with Crippen LogP contribution in [0, 0.1) is 0 Å². The Hall–Kier alpha value is -3.15. The molecular formula is C68H120O6. The van der Waals surface area contributed by atoms with E-state index >= 15 is 0 Å². The van der Waals surface area contributed by atoms with Crippen LogP contribution in [-0.4, -0.2) is 37.2 Å². The van der Waals surface area contributed by atoms with Gasteiger partial charge in [0.1, 0.15) is 13.2 Å². The Labute approximate surface area is 459 Å². The van der Waals surface area contributed by atoms with Gasteiger partial charge < -0.3 is 14.2 Å². The van der Waals surface area contributed by atoms with Crippen molar-refractivity contribution >= 4 is 17.9 Å². The van der Waals surface area contributed by atoms with Crippen LogP contribution in [0.25, 0.3) is 0 Å². The Balaban J connectivity index is 4.38. The topological polar surface area (TPSA) is 78.9 Å². The number of rotatable bonds is 58. The van der Waals surface area contributed by atoms with Crippen molar-refractivity contribution in [2.24, 2.45) is 0 Å². The lowest BCUT2D eigenvalue weighted by atomic mass is 10.0. The highest BCUT2D eigenvalue weighted by Crippen LogP contribution is 2.17. The van der Waals surface area contributed by atoms with Crippen molar-refractivity contribution in [3.05, 3.63) is 72.9 Å². The van der Waals surface area contributed by atoms with Crippen LogP contribution >= 0.6 is 0 Å². The Morgan fingerprint density at radius 2 is 0.527 bits per heavy atom. The van der Waals surface area contributed by atoms with E-state index in [0.29, 0.717) is 19.3 Å². The van der Waals surface area contributed by atoms with Gasteiger partial charge in [0, 0.05) is 19.3 Å². The summed E-state index contributed by atoms with van der Waals surface area (Å²) in [5, 5.41) is 0. The standard InChI is InChI=1S/C68H120O6/c1-4-7-10-13-16-19-22-25-28-30-32-33-34-35-37-38-40-43-46-49-52-55-58-61-67(70)73-64-65(63-72-66(69)60-57-54-51-48-45-42-27-24-21-18-15-12-9-6-3)74-68(71)62-59-56-53-50-47-44-41-39-36-31-29-26-23-20-17-14-11-8-5-2/h7,10,16,19,25,28,32-33,35,37,40,43,65H,4-6,8-9,11-15,17-18,20-24,26-27,29-31,34,36,38-39,41-42,44-64H2,1-3H3/b10-7-,19-16-,28-25-,33-32-,37-35-,43-40-. The third-order valence-electron chi connectivity index (χ3n) is 14.0. The lowest BCUT2D eigenvalue weighted by molar-refractivity contribution is -0.167. The van der Waals surface area contributed by atoms with E-state index in [4.69, 9.17) is 14.2 Å². The normalized spacial score (nSPS) is 12.5. The van der Waals surface area contributed by atoms with Gasteiger partial charge in [-0.3, -0.25) is 14.4 Å². The number of hydrogen-bond acceptors (Lipinski definition) is 6. The van der Waals surface area contributed by atoms with E-state index in [1.807, 2.05) is 0 Å². The summed E-state index contributed by atoms with van der Waals surface area (Å²) in [5.74, 6) is -0.886. The minimum atomic E-state index is -0.784. The minimum Gasteiger partial charge on any atom is -0.462 e. The predicted molar refractivity (Wildman–Crippen MR) is 321 cm³/mol. The fraction of sp³-hybridized carbons (Fsp3) is 0.779. The summed E-state index contributed by atoms with van der Waals surface area (Å²) >= 11 is 0. The molecule has 6 nitrogen and oxygen atoms in total. The molecule has 0 amide bonds. The molecule has 0 aromatic heterocycles. The minimum absolute atomic E-state index is 0.0791. The van der Waals surface area contributed by atoms with Gasteiger partial charge in [-0.1, -0.05) is 306 Å². The largest absolute Gasteiger partial charge is 0.462 e. The molecule has 0 saturated carbocycles. The van der Waals surface area contributed by atoms with Crippen LogP contribution < -0.4 is 0 Å². The van der Waals surface area contributed by atoms with Crippen LogP contribution in [0.15, 0.2) is 72.9 Å². The van der Waals surface area contributed by atoms with Crippen molar-refractivity contribution in [3.8, 4) is 0 Å². The molecule has 6 heteroatoms. The van der Waals surface area contributed by atoms with E-state index in [-0.39, 0.29) is 31.1 Å². The molecule has 0 aliphatic carbocycles. The molecule has 74 heavy (non-hydrogen) atoms. The highest BCUT2D eigenvalue weighted by molar-refractivity contribution is 5.71. The SMILES string of the molecule is CC/C=C\C/C=C\C/C=C\C/C=C\C/C=C\C/C=C\CCCCCCC(=O)OCC(COC(=O)CCCCCCCCCCCCCCCC)OC(=O)CCCCCCCCCCCCCCCCCCCCC. The van der Waals surface area contributed by atoms with Crippen LogP contribution in [0.4, 0.5) is 0 Å². The number of hydrogen-bond donors (Lipinski definition) is 0. The van der Waals surface area contributed by atoms with Gasteiger partial charge in [-0.2, -0.15) is 0 Å². The number of carbonyl (C=O) groups excluding carboxylic acids is 3. The first-order valence-corrected chi connectivity index (χ1v) is 31.9. The lowest BCUT2D eigenvalue weighted by Crippen LogP contribution is -2.30. The smallest absolute Gasteiger partial charge is 0.306 e. The molecular weight excluding hydrogens is 913 g/mol. The Morgan fingerprint density at radius 1 is 0.284 bits per heavy atom. The zero-order valence-electron chi connectivity index (χ0n) is 49.1. The summed E-state index contributed by atoms with van der Waals surface area (Å²) in [4.78, 5) is 38.3. The molecule has 0 aromatic carbocycles. The van der Waals surface area contributed by atoms with Gasteiger partial charge in [-0.15, -0.1) is 0 Å². The maximum Gasteiger partial charge on any atom is 0.306 e. The fourth-order valence-corrected chi connectivity index (χ4v) is 9.21. The second-order valence-electron chi connectivity index (χ2n) is 21.3. The van der Waals surface area contributed by atoms with Crippen LogP contribution in [0.2, 0.25) is 0 Å². The summed E-state index contributed by atoms with van der Waals surface area (Å²) < 4.78 is 16.9. The molecule has 0 heterocycles. The fourth-order valence-electron chi connectivity index (χ4n) is 9.21. The Morgan fingerprint density at radius 3 is 0.824 bits per heavy atom. The highest BCUT2D eigenvalue weighted by Gasteiger charge is 2.19. The summed E-state index contributed by atoms with van der Waals surface area (Å²) in [5.41, 5.74) is 0. The molecule has 1 atom stereocenters. The molecule has 0 radical (unpaired) electrons. The number of allylic oxidation sites excluding steroid dienone is 12. The summed E-state index contributed by atoms with van der Waals surface area (Å²) in [7, 11) is 0. The van der Waals surface area contributed by atoms with E-state index in [2.05, 4.69) is 93.7 Å². The van der Waals surface area contributed by atoms with E-state index in [1.165, 1.54) is 173 Å². The van der Waals surface area contributed by atoms with Crippen LogP contribution in [0.5, 0.6) is 0 Å². The van der Waals surface area contributed by atoms with Crippen molar-refractivity contribution in [2.45, 2.75) is 329 Å². The third-order valence-corrected chi connectivity index (χ3v) is 14.0. The van der Waals surface area contributed by atoms with Crippen molar-refractivity contribution in [2.75, 3.05) is 13.2 Å². The second-order valence-corrected chi connectivity index (χ2v) is 21.3. The monoisotopic (exact) mass is 1030 g/mol. The maximum absolute atomic E-state index is 12.9. The van der Waals surface area contributed by atoms with Gasteiger partial charge in [0.15, 0.2) is 6.10 Å². The third kappa shape index (κ3) is 59.7. The van der Waals surface area contributed by atoms with Gasteiger partial charge in [0.2, 0.25) is 0 Å². The first kappa shape index (κ1) is 70.8. The predicted octanol–water partition coefficient (Wildman–Crippen LogP) is 21.7. The molecule has 0 rings (SSSR count). The Bertz CT molecular complexity index is 1370. The molecule has 0 aliphatic rings. The first-order chi connectivity index (χ1) is 36.5. The number of unbranched alkanes of at least 4 members (excludes halogenated alkanes) is 35. The molecule has 428 valence electrons. The Kier molecular flexibility index (Phi) is 59.7. The van der Waals surface area contributed by atoms with E-state index in [1.54, 1.807) is 0 Å². The zero-order valence-corrected chi connectivity index (χ0v) is 49.1. The van der Waals surface area contributed by atoms with E-state index < -0.39 is 6.10 Å². The van der Waals surface area contributed by atoms with Gasteiger partial charge in [0.05, 0.1) is 0 Å². The van der Waals surface area contributed by atoms with Crippen molar-refractivity contribution in [1.29, 1.82) is 0 Å². The summed E-state index contributed by atoms with van der Waals surface area (Å²) in [6.45, 7) is 6.55. The van der Waals surface area contributed by atoms with Gasteiger partial charge >= 0.3 is 17.9 Å². The van der Waals surface area contributed by atoms with Crippen molar-refractivity contribution in [3.63, 3.8) is 0 Å². The molecule has 0 spiro atoms. The van der Waals surface area contributed by atoms with Crippen LogP contribution in [0.3, 0.4) is 0 Å². The van der Waals surface area contributed by atoms with Gasteiger partial charge in [-0.25, -0.2) is 0 Å². The number of ether oxygens (including phenoxy) is 3. The highest BCUT2D eigenvalue weighted by atomic mass is 16.6. The number of carbonyl (C=O) groups is 3. The molecule has 0 saturated heterocycles. The molecule has 0 aliphatic heterocycles. The van der Waals surface area contributed by atoms with Crippen molar-refractivity contribution < 1.29 is 28.6 Å². The zero-order chi connectivity index (χ0) is 53.6. The molecule has 0 bridgehead atoms. The van der Waals surface area contributed by atoms with Gasteiger partial charge in [0.25, 0.3) is 0 Å². The maximum atomic E-state index is 12.9. The molecule has 0 N–H and O–H groups in total. The second kappa shape index (κ2) is 62.4. The summed E-state index contributed by atoms with van der Waals surface area (Å²) in [6, 6.07) is 0. The molecule has 0 aromatic rings. The van der Waals surface area contributed by atoms with Crippen LogP contribution in [0.1, 0.15) is 323 Å². The summed E-state index contributed by atoms with van der Waals surface area (Å²) in [6.07, 6.45) is 80.4. The average molecular weight is 1030 g/mol. The van der Waals surface area contributed by atoms with Gasteiger partial charge in [-0.05, 0) is 70.6 Å². The average Bonchev–Trinajstić information content (AvgIpc) is 3.40. The van der Waals surface area contributed by atoms with Crippen molar-refractivity contribution in [1.82, 2.24) is 0 Å². The molecule has 0 fully saturated rings.